The maximum atomic E-state index is 6.10. The van der Waals surface area contributed by atoms with Gasteiger partial charge in [0.1, 0.15) is 0 Å². The average molecular weight is 336 g/mol. The summed E-state index contributed by atoms with van der Waals surface area (Å²) in [4.78, 5) is 0. The molecule has 1 heterocycles. The summed E-state index contributed by atoms with van der Waals surface area (Å²) in [6, 6.07) is 3.58. The second-order valence-corrected chi connectivity index (χ2v) is 5.18. The van der Waals surface area contributed by atoms with Gasteiger partial charge >= 0.3 is 0 Å². The molecule has 0 unspecified atom stereocenters. The summed E-state index contributed by atoms with van der Waals surface area (Å²) in [6.45, 7) is 0.560. The third kappa shape index (κ3) is 2.91. The van der Waals surface area contributed by atoms with Crippen LogP contribution < -0.4 is 5.32 Å². The second-order valence-electron chi connectivity index (χ2n) is 3.45. The number of benzene rings is 1. The third-order valence-electron chi connectivity index (χ3n) is 2.26. The van der Waals surface area contributed by atoms with Crippen molar-refractivity contribution in [3.05, 3.63) is 38.5 Å². The minimum Gasteiger partial charge on any atom is -0.377 e. The van der Waals surface area contributed by atoms with Crippen molar-refractivity contribution in [2.45, 2.75) is 6.54 Å². The van der Waals surface area contributed by atoms with Gasteiger partial charge in [-0.25, -0.2) is 0 Å². The molecule has 0 atom stereocenters. The zero-order chi connectivity index (χ0) is 12.4. The van der Waals surface area contributed by atoms with Crippen LogP contribution >= 0.6 is 39.1 Å². The largest absolute Gasteiger partial charge is 0.377 e. The molecular weight excluding hydrogens is 327 g/mol. The number of halogens is 3. The Kier molecular flexibility index (Phi) is 3.91. The van der Waals surface area contributed by atoms with Gasteiger partial charge in [-0.1, -0.05) is 44.3 Å². The quantitative estimate of drug-likeness (QED) is 0.933. The maximum Gasteiger partial charge on any atom is 0.0774 e. The van der Waals surface area contributed by atoms with E-state index in [1.165, 1.54) is 0 Å². The third-order valence-corrected chi connectivity index (χ3v) is 3.32. The Morgan fingerprint density at radius 3 is 2.53 bits per heavy atom. The fourth-order valence-electron chi connectivity index (χ4n) is 1.36. The van der Waals surface area contributed by atoms with Gasteiger partial charge in [0, 0.05) is 11.5 Å². The van der Waals surface area contributed by atoms with Crippen LogP contribution in [0.3, 0.4) is 0 Å². The number of nitrogens with one attached hydrogen (secondary N) is 1. The molecule has 1 aromatic carbocycles. The molecule has 2 rings (SSSR count). The van der Waals surface area contributed by atoms with Crippen molar-refractivity contribution in [1.29, 1.82) is 0 Å². The van der Waals surface area contributed by atoms with E-state index in [-0.39, 0.29) is 0 Å². The van der Waals surface area contributed by atoms with E-state index in [0.29, 0.717) is 22.3 Å². The lowest BCUT2D eigenvalue weighted by Gasteiger charge is -2.10. The van der Waals surface area contributed by atoms with E-state index in [2.05, 4.69) is 31.6 Å². The van der Waals surface area contributed by atoms with Crippen LogP contribution in [-0.4, -0.2) is 15.0 Å². The van der Waals surface area contributed by atoms with E-state index in [1.807, 2.05) is 7.05 Å². The van der Waals surface area contributed by atoms with Crippen molar-refractivity contribution < 1.29 is 0 Å². The highest BCUT2D eigenvalue weighted by molar-refractivity contribution is 9.10. The first-order valence-electron chi connectivity index (χ1n) is 4.80. The molecule has 0 saturated heterocycles. The van der Waals surface area contributed by atoms with Crippen LogP contribution in [0.15, 0.2) is 22.8 Å². The van der Waals surface area contributed by atoms with E-state index in [1.54, 1.807) is 23.0 Å². The fraction of sp³-hybridized carbons (Fsp3) is 0.200. The molecule has 0 fully saturated rings. The molecule has 0 spiro atoms. The monoisotopic (exact) mass is 334 g/mol. The standard InChI is InChI=1S/C10H9BrCl2N4/c1-17-7(5-15-16-17)4-14-10-8(12)2-6(11)3-9(10)13/h2-3,5,14H,4H2,1H3. The van der Waals surface area contributed by atoms with Crippen LogP contribution in [0, 0.1) is 0 Å². The highest BCUT2D eigenvalue weighted by Crippen LogP contribution is 2.33. The smallest absolute Gasteiger partial charge is 0.0774 e. The molecule has 1 aromatic heterocycles. The molecule has 2 aromatic rings. The van der Waals surface area contributed by atoms with Crippen LogP contribution in [0.25, 0.3) is 0 Å². The second kappa shape index (κ2) is 5.25. The van der Waals surface area contributed by atoms with Gasteiger partial charge in [-0.05, 0) is 12.1 Å². The van der Waals surface area contributed by atoms with E-state index in [0.717, 1.165) is 10.2 Å². The predicted octanol–water partition coefficient (Wildman–Crippen LogP) is 3.50. The lowest BCUT2D eigenvalue weighted by molar-refractivity contribution is 0.683. The van der Waals surface area contributed by atoms with Gasteiger partial charge in [-0.3, -0.25) is 4.68 Å². The average Bonchev–Trinajstić information content (AvgIpc) is 2.62. The van der Waals surface area contributed by atoms with Crippen LogP contribution in [-0.2, 0) is 13.6 Å². The zero-order valence-electron chi connectivity index (χ0n) is 8.91. The maximum absolute atomic E-state index is 6.10. The Hall–Kier alpha value is -0.780. The first-order valence-corrected chi connectivity index (χ1v) is 6.35. The molecule has 1 N–H and O–H groups in total. The van der Waals surface area contributed by atoms with E-state index >= 15 is 0 Å². The number of hydrogen-bond donors (Lipinski definition) is 1. The molecule has 4 nitrogen and oxygen atoms in total. The number of aryl methyl sites for hydroxylation is 1. The highest BCUT2D eigenvalue weighted by Gasteiger charge is 2.08. The summed E-state index contributed by atoms with van der Waals surface area (Å²) in [6.07, 6.45) is 1.69. The number of rotatable bonds is 3. The van der Waals surface area contributed by atoms with E-state index < -0.39 is 0 Å². The fourth-order valence-corrected chi connectivity index (χ4v) is 2.70. The number of anilines is 1. The normalized spacial score (nSPS) is 10.6. The van der Waals surface area contributed by atoms with E-state index in [9.17, 15) is 0 Å². The van der Waals surface area contributed by atoms with Crippen LogP contribution in [0.1, 0.15) is 5.69 Å². The van der Waals surface area contributed by atoms with Crippen molar-refractivity contribution in [1.82, 2.24) is 15.0 Å². The van der Waals surface area contributed by atoms with Crippen molar-refractivity contribution in [2.24, 2.45) is 7.05 Å². The molecule has 7 heteroatoms. The van der Waals surface area contributed by atoms with Gasteiger partial charge in [0.25, 0.3) is 0 Å². The Morgan fingerprint density at radius 2 is 2.00 bits per heavy atom. The molecule has 0 aliphatic rings. The van der Waals surface area contributed by atoms with Gasteiger partial charge in [0.2, 0.25) is 0 Å². The Morgan fingerprint density at radius 1 is 1.35 bits per heavy atom. The van der Waals surface area contributed by atoms with Crippen molar-refractivity contribution in [3.8, 4) is 0 Å². The van der Waals surface area contributed by atoms with Crippen LogP contribution in [0.2, 0.25) is 10.0 Å². The van der Waals surface area contributed by atoms with Crippen molar-refractivity contribution in [2.75, 3.05) is 5.32 Å². The predicted molar refractivity (Wildman–Crippen MR) is 72.5 cm³/mol. The van der Waals surface area contributed by atoms with Gasteiger partial charge in [0.05, 0.1) is 34.2 Å². The summed E-state index contributed by atoms with van der Waals surface area (Å²) in [5.41, 5.74) is 1.65. The summed E-state index contributed by atoms with van der Waals surface area (Å²) < 4.78 is 2.54. The molecule has 0 amide bonds. The number of hydrogen-bond acceptors (Lipinski definition) is 3. The minimum absolute atomic E-state index is 0.560. The first kappa shape index (κ1) is 12.7. The molecule has 0 bridgehead atoms. The molecule has 17 heavy (non-hydrogen) atoms. The lowest BCUT2D eigenvalue weighted by atomic mass is 10.3. The summed E-state index contributed by atoms with van der Waals surface area (Å²) >= 11 is 15.5. The molecule has 0 radical (unpaired) electrons. The summed E-state index contributed by atoms with van der Waals surface area (Å²) in [5.74, 6) is 0. The highest BCUT2D eigenvalue weighted by atomic mass is 79.9. The zero-order valence-corrected chi connectivity index (χ0v) is 12.0. The van der Waals surface area contributed by atoms with Gasteiger partial charge in [0.15, 0.2) is 0 Å². The van der Waals surface area contributed by atoms with E-state index in [4.69, 9.17) is 23.2 Å². The lowest BCUT2D eigenvalue weighted by Crippen LogP contribution is -2.06. The SMILES string of the molecule is Cn1nncc1CNc1c(Cl)cc(Br)cc1Cl. The summed E-state index contributed by atoms with van der Waals surface area (Å²) in [7, 11) is 1.83. The molecule has 0 saturated carbocycles. The van der Waals surface area contributed by atoms with Gasteiger partial charge in [-0.15, -0.1) is 5.10 Å². The van der Waals surface area contributed by atoms with Gasteiger partial charge in [-0.2, -0.15) is 0 Å². The molecule has 90 valence electrons. The molecule has 0 aliphatic heterocycles. The number of aromatic nitrogens is 3. The Balaban J connectivity index is 2.17. The summed E-state index contributed by atoms with van der Waals surface area (Å²) in [5, 5.41) is 11.9. The molecular formula is C10H9BrCl2N4. The van der Waals surface area contributed by atoms with Gasteiger partial charge < -0.3 is 5.32 Å². The number of nitrogens with zero attached hydrogens (tertiary/aromatic N) is 3. The minimum atomic E-state index is 0.560. The van der Waals surface area contributed by atoms with Crippen LogP contribution in [0.5, 0.6) is 0 Å². The van der Waals surface area contributed by atoms with Crippen molar-refractivity contribution in [3.63, 3.8) is 0 Å². The van der Waals surface area contributed by atoms with Crippen molar-refractivity contribution >= 4 is 44.8 Å². The Labute approximate surface area is 117 Å². The topological polar surface area (TPSA) is 42.7 Å². The first-order chi connectivity index (χ1) is 8.08. The molecule has 0 aliphatic carbocycles. The Bertz CT molecular complexity index is 518. The van der Waals surface area contributed by atoms with Crippen LogP contribution in [0.4, 0.5) is 5.69 Å².